The minimum atomic E-state index is -0.290. The highest BCUT2D eigenvalue weighted by molar-refractivity contribution is 9.11. The highest BCUT2D eigenvalue weighted by atomic mass is 79.9. The summed E-state index contributed by atoms with van der Waals surface area (Å²) in [6, 6.07) is 10.2. The lowest BCUT2D eigenvalue weighted by Crippen LogP contribution is -2.00. The SMILES string of the molecule is Fc1cccc(Cl)c1CC(Br)c1ccc(Cl)cc1Br. The number of benzene rings is 2. The average Bonchev–Trinajstić information content (AvgIpc) is 2.33. The molecule has 0 nitrogen and oxygen atoms in total. The van der Waals surface area contributed by atoms with Gasteiger partial charge in [0.15, 0.2) is 0 Å². The van der Waals surface area contributed by atoms with Crippen molar-refractivity contribution in [3.05, 3.63) is 67.9 Å². The molecule has 0 aliphatic heterocycles. The lowest BCUT2D eigenvalue weighted by Gasteiger charge is -2.14. The largest absolute Gasteiger partial charge is 0.207 e. The molecule has 0 saturated heterocycles. The van der Waals surface area contributed by atoms with Gasteiger partial charge in [-0.25, -0.2) is 4.39 Å². The van der Waals surface area contributed by atoms with Gasteiger partial charge in [0.05, 0.1) is 0 Å². The van der Waals surface area contributed by atoms with Gasteiger partial charge in [0.25, 0.3) is 0 Å². The van der Waals surface area contributed by atoms with Gasteiger partial charge in [-0.3, -0.25) is 0 Å². The van der Waals surface area contributed by atoms with Crippen molar-refractivity contribution in [1.82, 2.24) is 0 Å². The van der Waals surface area contributed by atoms with Gasteiger partial charge in [-0.2, -0.15) is 0 Å². The van der Waals surface area contributed by atoms with Crippen LogP contribution in [0.15, 0.2) is 40.9 Å². The molecular formula is C14H9Br2Cl2F. The Morgan fingerprint density at radius 1 is 1.16 bits per heavy atom. The van der Waals surface area contributed by atoms with Gasteiger partial charge in [0.1, 0.15) is 5.82 Å². The summed E-state index contributed by atoms with van der Waals surface area (Å²) in [5, 5.41) is 1.09. The van der Waals surface area contributed by atoms with Gasteiger partial charge in [-0.1, -0.05) is 67.2 Å². The summed E-state index contributed by atoms with van der Waals surface area (Å²) < 4.78 is 14.6. The van der Waals surface area contributed by atoms with Crippen LogP contribution in [-0.2, 0) is 6.42 Å². The molecule has 0 aromatic heterocycles. The van der Waals surface area contributed by atoms with Crippen LogP contribution in [0, 0.1) is 5.82 Å². The van der Waals surface area contributed by atoms with Crippen LogP contribution in [0.1, 0.15) is 16.0 Å². The van der Waals surface area contributed by atoms with E-state index in [0.29, 0.717) is 22.0 Å². The molecule has 2 aromatic rings. The van der Waals surface area contributed by atoms with Crippen LogP contribution >= 0.6 is 55.1 Å². The zero-order chi connectivity index (χ0) is 14.0. The molecule has 0 heterocycles. The van der Waals surface area contributed by atoms with E-state index in [4.69, 9.17) is 23.2 Å². The lowest BCUT2D eigenvalue weighted by atomic mass is 10.0. The van der Waals surface area contributed by atoms with Crippen molar-refractivity contribution in [1.29, 1.82) is 0 Å². The van der Waals surface area contributed by atoms with Crippen molar-refractivity contribution in [2.24, 2.45) is 0 Å². The van der Waals surface area contributed by atoms with E-state index < -0.39 is 0 Å². The summed E-state index contributed by atoms with van der Waals surface area (Å²) in [4.78, 5) is -0.0476. The van der Waals surface area contributed by atoms with Crippen molar-refractivity contribution in [2.45, 2.75) is 11.2 Å². The Labute approximate surface area is 138 Å². The number of hydrogen-bond acceptors (Lipinski definition) is 0. The van der Waals surface area contributed by atoms with E-state index in [1.807, 2.05) is 12.1 Å². The second-order valence-corrected chi connectivity index (χ2v) is 6.84. The molecule has 0 spiro atoms. The quantitative estimate of drug-likeness (QED) is 0.486. The van der Waals surface area contributed by atoms with Gasteiger partial charge in [-0.05, 0) is 36.2 Å². The van der Waals surface area contributed by atoms with Gasteiger partial charge in [0, 0.05) is 24.9 Å². The molecule has 0 bridgehead atoms. The van der Waals surface area contributed by atoms with Crippen molar-refractivity contribution in [2.75, 3.05) is 0 Å². The Balaban J connectivity index is 2.28. The van der Waals surface area contributed by atoms with Crippen molar-refractivity contribution < 1.29 is 4.39 Å². The van der Waals surface area contributed by atoms with E-state index in [-0.39, 0.29) is 10.6 Å². The molecule has 0 N–H and O–H groups in total. The first-order valence-electron chi connectivity index (χ1n) is 5.51. The molecule has 0 fully saturated rings. The maximum atomic E-state index is 13.8. The highest BCUT2D eigenvalue weighted by Gasteiger charge is 2.16. The van der Waals surface area contributed by atoms with Crippen LogP contribution in [0.4, 0.5) is 4.39 Å². The third kappa shape index (κ3) is 3.72. The third-order valence-electron chi connectivity index (χ3n) is 2.74. The molecule has 0 amide bonds. The fourth-order valence-electron chi connectivity index (χ4n) is 1.77. The average molecular weight is 427 g/mol. The fourth-order valence-corrected chi connectivity index (χ4v) is 4.00. The van der Waals surface area contributed by atoms with Crippen molar-refractivity contribution >= 4 is 55.1 Å². The van der Waals surface area contributed by atoms with Crippen LogP contribution < -0.4 is 0 Å². The Kier molecular flexibility index (Phi) is 5.29. The predicted octanol–water partition coefficient (Wildman–Crippen LogP) is 6.57. The standard InChI is InChI=1S/C14H9Br2Cl2F/c15-11-6-8(17)4-5-9(11)12(16)7-10-13(18)2-1-3-14(10)19/h1-6,12H,7H2. The van der Waals surface area contributed by atoms with E-state index in [0.717, 1.165) is 10.0 Å². The predicted molar refractivity (Wildman–Crippen MR) is 85.9 cm³/mol. The zero-order valence-electron chi connectivity index (χ0n) is 9.64. The zero-order valence-corrected chi connectivity index (χ0v) is 14.3. The second-order valence-electron chi connectivity index (χ2n) is 4.04. The van der Waals surface area contributed by atoms with E-state index in [2.05, 4.69) is 31.9 Å². The summed E-state index contributed by atoms with van der Waals surface area (Å²) in [5.41, 5.74) is 1.51. The monoisotopic (exact) mass is 424 g/mol. The smallest absolute Gasteiger partial charge is 0.127 e. The van der Waals surface area contributed by atoms with Crippen LogP contribution in [0.5, 0.6) is 0 Å². The van der Waals surface area contributed by atoms with Crippen LogP contribution in [0.2, 0.25) is 10.0 Å². The van der Waals surface area contributed by atoms with E-state index in [1.54, 1.807) is 18.2 Å². The fraction of sp³-hybridized carbons (Fsp3) is 0.143. The van der Waals surface area contributed by atoms with Crippen LogP contribution in [0.3, 0.4) is 0 Å². The van der Waals surface area contributed by atoms with Crippen LogP contribution in [0.25, 0.3) is 0 Å². The van der Waals surface area contributed by atoms with E-state index in [1.165, 1.54) is 6.07 Å². The third-order valence-corrected chi connectivity index (χ3v) is 4.84. The Morgan fingerprint density at radius 2 is 1.89 bits per heavy atom. The number of hydrogen-bond donors (Lipinski definition) is 0. The molecular weight excluding hydrogens is 418 g/mol. The van der Waals surface area contributed by atoms with E-state index >= 15 is 0 Å². The first kappa shape index (κ1) is 15.3. The van der Waals surface area contributed by atoms with Gasteiger partial charge in [0.2, 0.25) is 0 Å². The maximum Gasteiger partial charge on any atom is 0.127 e. The first-order valence-corrected chi connectivity index (χ1v) is 7.97. The minimum absolute atomic E-state index is 0.0476. The summed E-state index contributed by atoms with van der Waals surface area (Å²) in [7, 11) is 0. The molecule has 19 heavy (non-hydrogen) atoms. The topological polar surface area (TPSA) is 0 Å². The van der Waals surface area contributed by atoms with Crippen molar-refractivity contribution in [3.63, 3.8) is 0 Å². The minimum Gasteiger partial charge on any atom is -0.207 e. The second kappa shape index (κ2) is 6.57. The van der Waals surface area contributed by atoms with Gasteiger partial charge >= 0.3 is 0 Å². The highest BCUT2D eigenvalue weighted by Crippen LogP contribution is 2.36. The number of rotatable bonds is 3. The molecule has 0 saturated carbocycles. The Morgan fingerprint density at radius 3 is 2.53 bits per heavy atom. The molecule has 2 rings (SSSR count). The Hall–Kier alpha value is -0.0900. The Bertz CT molecular complexity index is 582. The molecule has 2 aromatic carbocycles. The molecule has 1 unspecified atom stereocenters. The summed E-state index contributed by atoms with van der Waals surface area (Å²) in [5.74, 6) is -0.290. The summed E-state index contributed by atoms with van der Waals surface area (Å²) in [6.07, 6.45) is 0.464. The molecule has 0 aliphatic carbocycles. The van der Waals surface area contributed by atoms with Crippen molar-refractivity contribution in [3.8, 4) is 0 Å². The summed E-state index contributed by atoms with van der Waals surface area (Å²) >= 11 is 19.0. The molecule has 1 atom stereocenters. The van der Waals surface area contributed by atoms with Gasteiger partial charge in [-0.15, -0.1) is 0 Å². The van der Waals surface area contributed by atoms with Gasteiger partial charge < -0.3 is 0 Å². The number of alkyl halides is 1. The lowest BCUT2D eigenvalue weighted by molar-refractivity contribution is 0.608. The van der Waals surface area contributed by atoms with E-state index in [9.17, 15) is 4.39 Å². The first-order chi connectivity index (χ1) is 8.99. The molecule has 0 radical (unpaired) electrons. The molecule has 100 valence electrons. The molecule has 5 heteroatoms. The maximum absolute atomic E-state index is 13.8. The van der Waals surface area contributed by atoms with Crippen LogP contribution in [-0.4, -0.2) is 0 Å². The summed E-state index contributed by atoms with van der Waals surface area (Å²) in [6.45, 7) is 0. The number of halogens is 5. The normalized spacial score (nSPS) is 12.5. The molecule has 0 aliphatic rings.